The smallest absolute Gasteiger partial charge is 0.324 e. The van der Waals surface area contributed by atoms with Crippen LogP contribution in [-0.2, 0) is 9.54 Å². The van der Waals surface area contributed by atoms with Gasteiger partial charge in [0.1, 0.15) is 4.75 Å². The van der Waals surface area contributed by atoms with Crippen LogP contribution in [0, 0.1) is 0 Å². The minimum atomic E-state index is -0.896. The van der Waals surface area contributed by atoms with Crippen LogP contribution < -0.4 is 0 Å². The van der Waals surface area contributed by atoms with E-state index in [4.69, 9.17) is 0 Å². The molecule has 4 heteroatoms. The van der Waals surface area contributed by atoms with Gasteiger partial charge in [0.05, 0.1) is 0 Å². The van der Waals surface area contributed by atoms with Crippen molar-refractivity contribution in [2.24, 2.45) is 0 Å². The monoisotopic (exact) mass is 292 g/mol. The van der Waals surface area contributed by atoms with Crippen molar-refractivity contribution < 1.29 is 9.90 Å². The summed E-state index contributed by atoms with van der Waals surface area (Å²) in [5.41, 5.74) is 0.830. The van der Waals surface area contributed by atoms with Crippen LogP contribution in [0.2, 0.25) is 0 Å². The van der Waals surface area contributed by atoms with Crippen LogP contribution in [0.25, 0.3) is 10.8 Å². The minimum absolute atomic E-state index is 0.805. The Morgan fingerprint density at radius 3 is 2.32 bits per heavy atom. The zero-order chi connectivity index (χ0) is 14.0. The van der Waals surface area contributed by atoms with E-state index in [9.17, 15) is 9.90 Å². The molecule has 2 aromatic rings. The Kier molecular flexibility index (Phi) is 4.11. The lowest BCUT2D eigenvalue weighted by Crippen LogP contribution is -2.28. The molecule has 2 aromatic carbocycles. The normalized spacial score (nSPS) is 14.3. The zero-order valence-electron chi connectivity index (χ0n) is 11.1. The first kappa shape index (κ1) is 14.3. The van der Waals surface area contributed by atoms with E-state index in [1.54, 1.807) is 18.7 Å². The molecule has 0 amide bonds. The van der Waals surface area contributed by atoms with E-state index in [1.165, 1.54) is 16.7 Å². The lowest BCUT2D eigenvalue weighted by atomic mass is 9.97. The third-order valence-corrected chi connectivity index (χ3v) is 5.37. The molecular formula is C15H16O2S2. The van der Waals surface area contributed by atoms with Gasteiger partial charge >= 0.3 is 5.97 Å². The van der Waals surface area contributed by atoms with Crippen molar-refractivity contribution in [3.63, 3.8) is 0 Å². The molecule has 0 spiro atoms. The summed E-state index contributed by atoms with van der Waals surface area (Å²) in [6, 6.07) is 12.1. The largest absolute Gasteiger partial charge is 0.480 e. The van der Waals surface area contributed by atoms with Crippen LogP contribution >= 0.6 is 23.5 Å². The molecule has 0 saturated heterocycles. The minimum Gasteiger partial charge on any atom is -0.480 e. The topological polar surface area (TPSA) is 37.3 Å². The highest BCUT2D eigenvalue weighted by atomic mass is 32.2. The Morgan fingerprint density at radius 1 is 1.11 bits per heavy atom. The van der Waals surface area contributed by atoms with E-state index >= 15 is 0 Å². The highest BCUT2D eigenvalue weighted by Gasteiger charge is 2.34. The maximum absolute atomic E-state index is 11.5. The van der Waals surface area contributed by atoms with Crippen LogP contribution in [-0.4, -0.2) is 23.6 Å². The number of hydrogen-bond acceptors (Lipinski definition) is 3. The Morgan fingerprint density at radius 2 is 1.74 bits per heavy atom. The average Bonchev–Trinajstić information content (AvgIpc) is 2.44. The van der Waals surface area contributed by atoms with Crippen molar-refractivity contribution in [2.45, 2.75) is 16.6 Å². The number of fused-ring (bicyclic) bond motifs is 1. The van der Waals surface area contributed by atoms with Gasteiger partial charge in [-0.1, -0.05) is 18.2 Å². The summed E-state index contributed by atoms with van der Waals surface area (Å²) in [6.07, 6.45) is 3.87. The van der Waals surface area contributed by atoms with Gasteiger partial charge in [-0.2, -0.15) is 0 Å². The second-order valence-corrected chi connectivity index (χ2v) is 6.57. The number of thioether (sulfide) groups is 2. The molecule has 0 heterocycles. The molecule has 0 fully saturated rings. The molecule has 2 nitrogen and oxygen atoms in total. The second kappa shape index (κ2) is 5.47. The number of carbonyl (C=O) groups is 1. The molecule has 100 valence electrons. The fourth-order valence-corrected chi connectivity index (χ4v) is 2.96. The Balaban J connectivity index is 2.56. The predicted molar refractivity (Wildman–Crippen MR) is 84.2 cm³/mol. The van der Waals surface area contributed by atoms with E-state index in [1.807, 2.05) is 36.8 Å². The third-order valence-electron chi connectivity index (χ3n) is 3.41. The Bertz CT molecular complexity index is 625. The summed E-state index contributed by atoms with van der Waals surface area (Å²) >= 11 is 3.05. The van der Waals surface area contributed by atoms with Crippen LogP contribution in [0.3, 0.4) is 0 Å². The van der Waals surface area contributed by atoms with Gasteiger partial charge in [0.25, 0.3) is 0 Å². The van der Waals surface area contributed by atoms with Crippen molar-refractivity contribution in [1.29, 1.82) is 0 Å². The number of aliphatic carboxylic acids is 1. The maximum atomic E-state index is 11.5. The highest BCUT2D eigenvalue weighted by Crippen LogP contribution is 2.36. The van der Waals surface area contributed by atoms with E-state index in [0.29, 0.717) is 0 Å². The first-order valence-electron chi connectivity index (χ1n) is 5.88. The average molecular weight is 292 g/mol. The van der Waals surface area contributed by atoms with Crippen LogP contribution in [0.15, 0.2) is 41.3 Å². The first-order valence-corrected chi connectivity index (χ1v) is 8.33. The molecule has 0 radical (unpaired) electrons. The molecule has 0 aliphatic carbocycles. The molecule has 19 heavy (non-hydrogen) atoms. The molecule has 1 unspecified atom stereocenters. The third kappa shape index (κ3) is 2.60. The number of carboxylic acid groups (broad SMARTS) is 1. The number of rotatable bonds is 4. The van der Waals surface area contributed by atoms with E-state index in [0.717, 1.165) is 16.3 Å². The molecule has 2 rings (SSSR count). The van der Waals surface area contributed by atoms with Crippen molar-refractivity contribution >= 4 is 40.3 Å². The predicted octanol–water partition coefficient (Wildman–Crippen LogP) is 4.22. The van der Waals surface area contributed by atoms with E-state index < -0.39 is 10.7 Å². The fraction of sp³-hybridized carbons (Fsp3) is 0.267. The molecule has 0 aliphatic heterocycles. The zero-order valence-corrected chi connectivity index (χ0v) is 12.8. The maximum Gasteiger partial charge on any atom is 0.324 e. The summed E-state index contributed by atoms with van der Waals surface area (Å²) in [5, 5.41) is 11.6. The van der Waals surface area contributed by atoms with Crippen LogP contribution in [0.1, 0.15) is 12.5 Å². The molecule has 0 bridgehead atoms. The van der Waals surface area contributed by atoms with Crippen molar-refractivity contribution in [2.75, 3.05) is 12.5 Å². The number of benzene rings is 2. The van der Waals surface area contributed by atoms with Crippen molar-refractivity contribution in [3.05, 3.63) is 42.0 Å². The first-order chi connectivity index (χ1) is 9.01. The SMILES string of the molecule is CSc1ccc2cc(C(C)(SC)C(=O)O)ccc2c1. The lowest BCUT2D eigenvalue weighted by molar-refractivity contribution is -0.139. The summed E-state index contributed by atoms with van der Waals surface area (Å²) in [7, 11) is 0. The van der Waals surface area contributed by atoms with Gasteiger partial charge in [0, 0.05) is 4.90 Å². The lowest BCUT2D eigenvalue weighted by Gasteiger charge is -2.23. The Labute approximate surface area is 121 Å². The van der Waals surface area contributed by atoms with Gasteiger partial charge in [0.2, 0.25) is 0 Å². The van der Waals surface area contributed by atoms with E-state index in [-0.39, 0.29) is 0 Å². The van der Waals surface area contributed by atoms with Gasteiger partial charge in [-0.25, -0.2) is 0 Å². The summed E-state index contributed by atoms with van der Waals surface area (Å²) in [6.45, 7) is 1.75. The van der Waals surface area contributed by atoms with Gasteiger partial charge in [-0.05, 0) is 54.0 Å². The molecular weight excluding hydrogens is 276 g/mol. The standard InChI is InChI=1S/C15H16O2S2/c1-15(19-3,14(16)17)12-6-4-11-9-13(18-2)7-5-10(11)8-12/h4-9H,1-3H3,(H,16,17). The van der Waals surface area contributed by atoms with Gasteiger partial charge in [0.15, 0.2) is 0 Å². The van der Waals surface area contributed by atoms with Crippen LogP contribution in [0.5, 0.6) is 0 Å². The fourth-order valence-electron chi connectivity index (χ4n) is 1.98. The number of hydrogen-bond donors (Lipinski definition) is 1. The summed E-state index contributed by atoms with van der Waals surface area (Å²) in [5.74, 6) is -0.805. The Hall–Kier alpha value is -1.13. The molecule has 0 aliphatic rings. The summed E-state index contributed by atoms with van der Waals surface area (Å²) < 4.78 is -0.896. The van der Waals surface area contributed by atoms with Crippen molar-refractivity contribution in [1.82, 2.24) is 0 Å². The van der Waals surface area contributed by atoms with Gasteiger partial charge < -0.3 is 5.11 Å². The van der Waals surface area contributed by atoms with E-state index in [2.05, 4.69) is 12.1 Å². The molecule has 0 aromatic heterocycles. The van der Waals surface area contributed by atoms with Crippen molar-refractivity contribution in [3.8, 4) is 0 Å². The van der Waals surface area contributed by atoms with Gasteiger partial charge in [-0.3, -0.25) is 4.79 Å². The summed E-state index contributed by atoms with van der Waals surface area (Å²) in [4.78, 5) is 12.7. The van der Waals surface area contributed by atoms with Gasteiger partial charge in [-0.15, -0.1) is 23.5 Å². The molecule has 1 N–H and O–H groups in total. The van der Waals surface area contributed by atoms with Crippen LogP contribution in [0.4, 0.5) is 0 Å². The quantitative estimate of drug-likeness (QED) is 0.856. The number of carboxylic acids is 1. The second-order valence-electron chi connectivity index (χ2n) is 4.47. The highest BCUT2D eigenvalue weighted by molar-refractivity contribution is 8.00. The molecule has 1 atom stereocenters. The molecule has 0 saturated carbocycles.